The van der Waals surface area contributed by atoms with Gasteiger partial charge in [0.05, 0.1) is 5.69 Å². The number of fused-ring (bicyclic) bond motifs is 1. The molecule has 3 heterocycles. The van der Waals surface area contributed by atoms with E-state index in [0.717, 1.165) is 43.9 Å². The Morgan fingerprint density at radius 1 is 1.24 bits per heavy atom. The first kappa shape index (κ1) is 16.1. The van der Waals surface area contributed by atoms with Gasteiger partial charge >= 0.3 is 0 Å². The van der Waals surface area contributed by atoms with Gasteiger partial charge in [-0.05, 0) is 56.6 Å². The number of rotatable bonds is 4. The molecule has 0 amide bonds. The Morgan fingerprint density at radius 3 is 3.00 bits per heavy atom. The van der Waals surface area contributed by atoms with E-state index in [-0.39, 0.29) is 18.5 Å². The molecule has 130 valence electrons. The predicted molar refractivity (Wildman–Crippen MR) is 93.9 cm³/mol. The zero-order valence-electron chi connectivity index (χ0n) is 14.4. The topological polar surface area (TPSA) is 51.7 Å². The van der Waals surface area contributed by atoms with Crippen molar-refractivity contribution in [3.05, 3.63) is 53.3 Å². The lowest BCUT2D eigenvalue weighted by Gasteiger charge is -2.31. The number of likely N-dealkylation sites (tertiary alicyclic amines) is 1. The van der Waals surface area contributed by atoms with Crippen molar-refractivity contribution in [3.63, 3.8) is 0 Å². The first-order valence-corrected chi connectivity index (χ1v) is 8.78. The summed E-state index contributed by atoms with van der Waals surface area (Å²) >= 11 is 0. The highest BCUT2D eigenvalue weighted by molar-refractivity contribution is 5.98. The molecule has 2 aromatic rings. The van der Waals surface area contributed by atoms with Gasteiger partial charge in [0.1, 0.15) is 0 Å². The molecule has 0 saturated carbocycles. The molecule has 25 heavy (non-hydrogen) atoms. The van der Waals surface area contributed by atoms with E-state index < -0.39 is 0 Å². The van der Waals surface area contributed by atoms with Crippen molar-refractivity contribution in [2.24, 2.45) is 5.92 Å². The Hall–Kier alpha value is -2.40. The first-order valence-electron chi connectivity index (χ1n) is 8.78. The summed E-state index contributed by atoms with van der Waals surface area (Å²) in [4.78, 5) is 19.8. The van der Waals surface area contributed by atoms with Crippen LogP contribution < -0.4 is 9.47 Å². The van der Waals surface area contributed by atoms with Crippen LogP contribution in [0.5, 0.6) is 11.5 Å². The number of pyridine rings is 1. The van der Waals surface area contributed by atoms with Crippen molar-refractivity contribution in [2.75, 3.05) is 19.9 Å². The van der Waals surface area contributed by atoms with Gasteiger partial charge in [0.2, 0.25) is 6.79 Å². The number of hydrogen-bond donors (Lipinski definition) is 0. The van der Waals surface area contributed by atoms with E-state index in [1.807, 2.05) is 37.3 Å². The summed E-state index contributed by atoms with van der Waals surface area (Å²) in [5.74, 6) is 1.61. The molecule has 0 aliphatic carbocycles. The molecule has 1 aromatic heterocycles. The fourth-order valence-electron chi connectivity index (χ4n) is 3.62. The molecule has 1 saturated heterocycles. The van der Waals surface area contributed by atoms with E-state index in [2.05, 4.69) is 16.0 Å². The average molecular weight is 338 g/mol. The lowest BCUT2D eigenvalue weighted by Crippen LogP contribution is -2.38. The molecular weight excluding hydrogens is 316 g/mol. The number of aryl methyl sites for hydroxylation is 1. The van der Waals surface area contributed by atoms with Gasteiger partial charge in [0, 0.05) is 30.3 Å². The molecule has 0 spiro atoms. The molecule has 0 unspecified atom stereocenters. The SMILES string of the molecule is Cc1cccc(CN2CCC[C@@H](C(=O)c3ccc4c(c3)OCO4)C2)n1. The Morgan fingerprint density at radius 2 is 2.12 bits per heavy atom. The van der Waals surface area contributed by atoms with Crippen molar-refractivity contribution in [3.8, 4) is 11.5 Å². The lowest BCUT2D eigenvalue weighted by atomic mass is 9.89. The van der Waals surface area contributed by atoms with Crippen LogP contribution >= 0.6 is 0 Å². The zero-order chi connectivity index (χ0) is 17.2. The number of hydrogen-bond acceptors (Lipinski definition) is 5. The van der Waals surface area contributed by atoms with Crippen molar-refractivity contribution in [1.29, 1.82) is 0 Å². The molecule has 1 aromatic carbocycles. The van der Waals surface area contributed by atoms with E-state index >= 15 is 0 Å². The van der Waals surface area contributed by atoms with Crippen LogP contribution in [-0.4, -0.2) is 35.5 Å². The smallest absolute Gasteiger partial charge is 0.231 e. The summed E-state index contributed by atoms with van der Waals surface area (Å²) < 4.78 is 10.7. The molecule has 2 aliphatic heterocycles. The summed E-state index contributed by atoms with van der Waals surface area (Å²) in [7, 11) is 0. The minimum atomic E-state index is 0.0268. The molecule has 5 nitrogen and oxygen atoms in total. The number of Topliss-reactive ketones (excluding diaryl/α,β-unsaturated/α-hetero) is 1. The van der Waals surface area contributed by atoms with Gasteiger partial charge in [-0.1, -0.05) is 6.07 Å². The Balaban J connectivity index is 1.44. The highest BCUT2D eigenvalue weighted by Gasteiger charge is 2.28. The number of benzene rings is 1. The van der Waals surface area contributed by atoms with Crippen molar-refractivity contribution < 1.29 is 14.3 Å². The van der Waals surface area contributed by atoms with Gasteiger partial charge in [-0.15, -0.1) is 0 Å². The van der Waals surface area contributed by atoms with Crippen LogP contribution in [0.25, 0.3) is 0 Å². The normalized spacial score (nSPS) is 19.8. The molecular formula is C20H22N2O3. The third-order valence-electron chi connectivity index (χ3n) is 4.86. The highest BCUT2D eigenvalue weighted by Crippen LogP contribution is 2.34. The quantitative estimate of drug-likeness (QED) is 0.801. The van der Waals surface area contributed by atoms with Gasteiger partial charge < -0.3 is 9.47 Å². The fraction of sp³-hybridized carbons (Fsp3) is 0.400. The van der Waals surface area contributed by atoms with E-state index in [1.165, 1.54) is 0 Å². The molecule has 0 bridgehead atoms. The summed E-state index contributed by atoms with van der Waals surface area (Å²) in [6, 6.07) is 11.6. The number of ketones is 1. The van der Waals surface area contributed by atoms with Gasteiger partial charge in [0.25, 0.3) is 0 Å². The van der Waals surface area contributed by atoms with Crippen LogP contribution in [0.1, 0.15) is 34.6 Å². The van der Waals surface area contributed by atoms with Crippen LogP contribution in [0, 0.1) is 12.8 Å². The second kappa shape index (κ2) is 6.84. The van der Waals surface area contributed by atoms with Gasteiger partial charge in [-0.25, -0.2) is 0 Å². The van der Waals surface area contributed by atoms with Crippen molar-refractivity contribution in [1.82, 2.24) is 9.88 Å². The summed E-state index contributed by atoms with van der Waals surface area (Å²) in [6.07, 6.45) is 1.97. The standard InChI is InChI=1S/C20H22N2O3/c1-14-4-2-6-17(21-14)12-22-9-3-5-16(11-22)20(23)15-7-8-18-19(10-15)25-13-24-18/h2,4,6-8,10,16H,3,5,9,11-13H2,1H3/t16-/m1/s1. The van der Waals surface area contributed by atoms with Crippen LogP contribution in [0.4, 0.5) is 0 Å². The molecule has 2 aliphatic rings. The van der Waals surface area contributed by atoms with Crippen LogP contribution in [0.2, 0.25) is 0 Å². The average Bonchev–Trinajstić information content (AvgIpc) is 3.09. The molecule has 5 heteroatoms. The molecule has 0 N–H and O–H groups in total. The van der Waals surface area contributed by atoms with Crippen LogP contribution in [0.3, 0.4) is 0 Å². The summed E-state index contributed by atoms with van der Waals surface area (Å²) in [5.41, 5.74) is 2.81. The van der Waals surface area contributed by atoms with Crippen molar-refractivity contribution in [2.45, 2.75) is 26.3 Å². The number of nitrogens with zero attached hydrogens (tertiary/aromatic N) is 2. The Labute approximate surface area is 147 Å². The minimum absolute atomic E-state index is 0.0268. The molecule has 4 rings (SSSR count). The number of carbonyl (C=O) groups excluding carboxylic acids is 1. The largest absolute Gasteiger partial charge is 0.454 e. The predicted octanol–water partition coefficient (Wildman–Crippen LogP) is 3.21. The molecule has 0 radical (unpaired) electrons. The van der Waals surface area contributed by atoms with Gasteiger partial charge in [0.15, 0.2) is 17.3 Å². The third-order valence-corrected chi connectivity index (χ3v) is 4.86. The minimum Gasteiger partial charge on any atom is -0.454 e. The Kier molecular flexibility index (Phi) is 4.40. The van der Waals surface area contributed by atoms with Crippen molar-refractivity contribution >= 4 is 5.78 Å². The third kappa shape index (κ3) is 3.51. The molecule has 1 atom stereocenters. The van der Waals surface area contributed by atoms with E-state index in [1.54, 1.807) is 0 Å². The van der Waals surface area contributed by atoms with Gasteiger partial charge in [-0.3, -0.25) is 14.7 Å². The Bertz CT molecular complexity index is 790. The van der Waals surface area contributed by atoms with E-state index in [9.17, 15) is 4.79 Å². The van der Waals surface area contributed by atoms with Crippen LogP contribution in [-0.2, 0) is 6.54 Å². The second-order valence-electron chi connectivity index (χ2n) is 6.78. The zero-order valence-corrected chi connectivity index (χ0v) is 14.4. The van der Waals surface area contributed by atoms with E-state index in [0.29, 0.717) is 17.1 Å². The monoisotopic (exact) mass is 338 g/mol. The summed E-state index contributed by atoms with van der Waals surface area (Å²) in [6.45, 7) is 4.83. The van der Waals surface area contributed by atoms with E-state index in [4.69, 9.17) is 9.47 Å². The first-order chi connectivity index (χ1) is 12.2. The maximum Gasteiger partial charge on any atom is 0.231 e. The number of carbonyl (C=O) groups is 1. The van der Waals surface area contributed by atoms with Crippen LogP contribution in [0.15, 0.2) is 36.4 Å². The second-order valence-corrected chi connectivity index (χ2v) is 6.78. The lowest BCUT2D eigenvalue weighted by molar-refractivity contribution is 0.0809. The summed E-state index contributed by atoms with van der Waals surface area (Å²) in [5, 5.41) is 0. The highest BCUT2D eigenvalue weighted by atomic mass is 16.7. The molecule has 1 fully saturated rings. The fourth-order valence-corrected chi connectivity index (χ4v) is 3.62. The maximum atomic E-state index is 12.9. The number of piperidine rings is 1. The maximum absolute atomic E-state index is 12.9. The number of ether oxygens (including phenoxy) is 2. The number of aromatic nitrogens is 1. The van der Waals surface area contributed by atoms with Gasteiger partial charge in [-0.2, -0.15) is 0 Å².